The van der Waals surface area contributed by atoms with Gasteiger partial charge in [0.2, 0.25) is 0 Å². The summed E-state index contributed by atoms with van der Waals surface area (Å²) >= 11 is 0. The molecule has 19 heavy (non-hydrogen) atoms. The predicted molar refractivity (Wildman–Crippen MR) is 77.7 cm³/mol. The number of hydrogen-bond acceptors (Lipinski definition) is 2. The van der Waals surface area contributed by atoms with E-state index < -0.39 is 5.97 Å². The van der Waals surface area contributed by atoms with E-state index in [0.717, 1.165) is 32.4 Å². The monoisotopic (exact) mass is 261 g/mol. The first-order valence-electron chi connectivity index (χ1n) is 7.11. The molecule has 0 unspecified atom stereocenters. The van der Waals surface area contributed by atoms with Gasteiger partial charge in [0.25, 0.3) is 0 Å². The minimum absolute atomic E-state index is 0.314. The molecule has 3 nitrogen and oxygen atoms in total. The van der Waals surface area contributed by atoms with Gasteiger partial charge in [-0.25, -0.2) is 0 Å². The summed E-state index contributed by atoms with van der Waals surface area (Å²) in [7, 11) is 0. The lowest BCUT2D eigenvalue weighted by atomic mass is 9.91. The first kappa shape index (κ1) is 13.9. The molecule has 1 heterocycles. The molecule has 0 aliphatic carbocycles. The summed E-state index contributed by atoms with van der Waals surface area (Å²) in [6.07, 6.45) is 3.37. The molecule has 0 saturated carbocycles. The predicted octanol–water partition coefficient (Wildman–Crippen LogP) is 3.38. The summed E-state index contributed by atoms with van der Waals surface area (Å²) in [6, 6.07) is 6.46. The molecule has 1 fully saturated rings. The molecule has 0 aromatic heterocycles. The second kappa shape index (κ2) is 6.09. The van der Waals surface area contributed by atoms with E-state index in [1.807, 2.05) is 0 Å². The van der Waals surface area contributed by atoms with Crippen molar-refractivity contribution in [2.45, 2.75) is 39.5 Å². The van der Waals surface area contributed by atoms with E-state index in [1.54, 1.807) is 0 Å². The van der Waals surface area contributed by atoms with E-state index in [9.17, 15) is 4.79 Å². The number of anilines is 1. The van der Waals surface area contributed by atoms with Crippen LogP contribution in [0.5, 0.6) is 0 Å². The van der Waals surface area contributed by atoms with Gasteiger partial charge in [-0.3, -0.25) is 4.79 Å². The first-order chi connectivity index (χ1) is 9.08. The molecule has 1 N–H and O–H groups in total. The zero-order chi connectivity index (χ0) is 13.8. The minimum Gasteiger partial charge on any atom is -0.481 e. The van der Waals surface area contributed by atoms with Crippen LogP contribution in [-0.4, -0.2) is 24.2 Å². The van der Waals surface area contributed by atoms with Crippen molar-refractivity contribution < 1.29 is 9.90 Å². The maximum Gasteiger partial charge on any atom is 0.303 e. The van der Waals surface area contributed by atoms with E-state index in [2.05, 4.69) is 36.9 Å². The number of carboxylic acid groups (broad SMARTS) is 1. The first-order valence-corrected chi connectivity index (χ1v) is 7.11. The summed E-state index contributed by atoms with van der Waals surface area (Å²) in [4.78, 5) is 13.0. The Morgan fingerprint density at radius 3 is 2.63 bits per heavy atom. The number of hydrogen-bond donors (Lipinski definition) is 1. The topological polar surface area (TPSA) is 40.5 Å². The van der Waals surface area contributed by atoms with Crippen LogP contribution >= 0.6 is 0 Å². The van der Waals surface area contributed by atoms with Crippen molar-refractivity contribution in [3.05, 3.63) is 29.3 Å². The standard InChI is InChI=1S/C16H23NO2/c1-12-4-3-5-15(13(12)2)17-10-8-14(9-11-17)6-7-16(18)19/h3-5,14H,6-11H2,1-2H3,(H,18,19). The summed E-state index contributed by atoms with van der Waals surface area (Å²) in [5.41, 5.74) is 4.05. The van der Waals surface area contributed by atoms with Crippen LogP contribution in [0.1, 0.15) is 36.8 Å². The van der Waals surface area contributed by atoms with Gasteiger partial charge in [-0.05, 0) is 56.2 Å². The van der Waals surface area contributed by atoms with Gasteiger partial charge in [0.1, 0.15) is 0 Å². The number of rotatable bonds is 4. The minimum atomic E-state index is -0.669. The molecule has 0 amide bonds. The van der Waals surface area contributed by atoms with Crippen LogP contribution in [0.4, 0.5) is 5.69 Å². The molecular formula is C16H23NO2. The Morgan fingerprint density at radius 1 is 1.32 bits per heavy atom. The molecule has 1 saturated heterocycles. The fourth-order valence-corrected chi connectivity index (χ4v) is 2.87. The quantitative estimate of drug-likeness (QED) is 0.903. The van der Waals surface area contributed by atoms with Crippen molar-refractivity contribution in [1.29, 1.82) is 0 Å². The second-order valence-corrected chi connectivity index (χ2v) is 5.58. The molecule has 3 heteroatoms. The molecule has 1 aliphatic rings. The lowest BCUT2D eigenvalue weighted by molar-refractivity contribution is -0.137. The van der Waals surface area contributed by atoms with Crippen LogP contribution in [0.2, 0.25) is 0 Å². The summed E-state index contributed by atoms with van der Waals surface area (Å²) < 4.78 is 0. The average molecular weight is 261 g/mol. The Labute approximate surface area is 115 Å². The molecule has 0 radical (unpaired) electrons. The highest BCUT2D eigenvalue weighted by atomic mass is 16.4. The lowest BCUT2D eigenvalue weighted by Gasteiger charge is -2.34. The number of carbonyl (C=O) groups is 1. The third-order valence-electron chi connectivity index (χ3n) is 4.30. The van der Waals surface area contributed by atoms with E-state index in [0.29, 0.717) is 12.3 Å². The van der Waals surface area contributed by atoms with E-state index in [-0.39, 0.29) is 0 Å². The van der Waals surface area contributed by atoms with Gasteiger partial charge >= 0.3 is 5.97 Å². The van der Waals surface area contributed by atoms with Gasteiger partial charge in [-0.1, -0.05) is 12.1 Å². The number of aliphatic carboxylic acids is 1. The highest BCUT2D eigenvalue weighted by Gasteiger charge is 2.21. The fraction of sp³-hybridized carbons (Fsp3) is 0.562. The van der Waals surface area contributed by atoms with Crippen molar-refractivity contribution in [1.82, 2.24) is 0 Å². The third-order valence-corrected chi connectivity index (χ3v) is 4.30. The zero-order valence-corrected chi connectivity index (χ0v) is 11.9. The van der Waals surface area contributed by atoms with Crippen molar-refractivity contribution in [2.75, 3.05) is 18.0 Å². The van der Waals surface area contributed by atoms with Crippen LogP contribution < -0.4 is 4.90 Å². The fourth-order valence-electron chi connectivity index (χ4n) is 2.87. The maximum absolute atomic E-state index is 10.6. The van der Waals surface area contributed by atoms with E-state index in [1.165, 1.54) is 16.8 Å². The van der Waals surface area contributed by atoms with Gasteiger partial charge in [-0.15, -0.1) is 0 Å². The number of carboxylic acids is 1. The van der Waals surface area contributed by atoms with Gasteiger partial charge in [0.05, 0.1) is 0 Å². The number of aryl methyl sites for hydroxylation is 1. The molecule has 1 aliphatic heterocycles. The molecule has 0 bridgehead atoms. The molecule has 1 aromatic carbocycles. The van der Waals surface area contributed by atoms with Crippen molar-refractivity contribution in [3.63, 3.8) is 0 Å². The largest absolute Gasteiger partial charge is 0.481 e. The lowest BCUT2D eigenvalue weighted by Crippen LogP contribution is -2.34. The Morgan fingerprint density at radius 2 is 2.00 bits per heavy atom. The van der Waals surface area contributed by atoms with Crippen molar-refractivity contribution in [3.8, 4) is 0 Å². The van der Waals surface area contributed by atoms with E-state index >= 15 is 0 Å². The molecule has 104 valence electrons. The van der Waals surface area contributed by atoms with Crippen molar-refractivity contribution in [2.24, 2.45) is 5.92 Å². The van der Waals surface area contributed by atoms with Gasteiger partial charge in [0.15, 0.2) is 0 Å². The molecule has 0 spiro atoms. The highest BCUT2D eigenvalue weighted by molar-refractivity contribution is 5.66. The van der Waals surface area contributed by atoms with Gasteiger partial charge in [0, 0.05) is 25.2 Å². The summed E-state index contributed by atoms with van der Waals surface area (Å²) in [6.45, 7) is 6.43. The summed E-state index contributed by atoms with van der Waals surface area (Å²) in [5, 5.41) is 8.73. The van der Waals surface area contributed by atoms with Gasteiger partial charge in [-0.2, -0.15) is 0 Å². The van der Waals surface area contributed by atoms with E-state index in [4.69, 9.17) is 5.11 Å². The smallest absolute Gasteiger partial charge is 0.303 e. The normalized spacial score (nSPS) is 16.6. The number of nitrogens with zero attached hydrogens (tertiary/aromatic N) is 1. The van der Waals surface area contributed by atoms with Crippen LogP contribution in [0.3, 0.4) is 0 Å². The Hall–Kier alpha value is -1.51. The van der Waals surface area contributed by atoms with Crippen LogP contribution in [0, 0.1) is 19.8 Å². The molecule has 1 aromatic rings. The second-order valence-electron chi connectivity index (χ2n) is 5.58. The van der Waals surface area contributed by atoms with Crippen LogP contribution in [0.25, 0.3) is 0 Å². The Bertz CT molecular complexity index is 448. The Kier molecular flexibility index (Phi) is 4.46. The molecular weight excluding hydrogens is 238 g/mol. The molecule has 0 atom stereocenters. The number of benzene rings is 1. The molecule has 2 rings (SSSR count). The van der Waals surface area contributed by atoms with Crippen LogP contribution in [-0.2, 0) is 4.79 Å². The van der Waals surface area contributed by atoms with Crippen molar-refractivity contribution >= 4 is 11.7 Å². The number of piperidine rings is 1. The average Bonchev–Trinajstić information content (AvgIpc) is 2.40. The maximum atomic E-state index is 10.6. The zero-order valence-electron chi connectivity index (χ0n) is 11.9. The SMILES string of the molecule is Cc1cccc(N2CCC(CCC(=O)O)CC2)c1C. The third kappa shape index (κ3) is 3.49. The van der Waals surface area contributed by atoms with Crippen LogP contribution in [0.15, 0.2) is 18.2 Å². The van der Waals surface area contributed by atoms with Gasteiger partial charge < -0.3 is 10.0 Å². The summed E-state index contributed by atoms with van der Waals surface area (Å²) in [5.74, 6) is -0.0885. The highest BCUT2D eigenvalue weighted by Crippen LogP contribution is 2.29. The Balaban J connectivity index is 1.92.